The van der Waals surface area contributed by atoms with Crippen molar-refractivity contribution in [1.29, 1.82) is 0 Å². The van der Waals surface area contributed by atoms with Crippen molar-refractivity contribution in [3.05, 3.63) is 0 Å². The standard InChI is InChI=1S/C16H25N3O4/c1-3-4-9-18-14(21)15(22)19(16(18)23)10-13(20)17-12-8-6-5-7-11(12)2/h11-12H,3-10H2,1-2H3,(H,17,20)/t11-,12-/m0/s1. The van der Waals surface area contributed by atoms with Gasteiger partial charge in [-0.25, -0.2) is 9.69 Å². The largest absolute Gasteiger partial charge is 0.352 e. The molecule has 0 aromatic heterocycles. The number of nitrogens with one attached hydrogen (secondary N) is 1. The fourth-order valence-corrected chi connectivity index (χ4v) is 3.13. The summed E-state index contributed by atoms with van der Waals surface area (Å²) in [6, 6.07) is -0.601. The summed E-state index contributed by atoms with van der Waals surface area (Å²) in [4.78, 5) is 49.7. The Labute approximate surface area is 136 Å². The van der Waals surface area contributed by atoms with Gasteiger partial charge in [-0.3, -0.25) is 19.3 Å². The lowest BCUT2D eigenvalue weighted by atomic mass is 9.86. The van der Waals surface area contributed by atoms with Crippen LogP contribution in [0.3, 0.4) is 0 Å². The predicted molar refractivity (Wildman–Crippen MR) is 83.3 cm³/mol. The first-order valence-electron chi connectivity index (χ1n) is 8.42. The summed E-state index contributed by atoms with van der Waals surface area (Å²) < 4.78 is 0. The third-order valence-corrected chi connectivity index (χ3v) is 4.63. The van der Waals surface area contributed by atoms with Gasteiger partial charge in [0.1, 0.15) is 6.54 Å². The molecule has 0 bridgehead atoms. The highest BCUT2D eigenvalue weighted by Crippen LogP contribution is 2.23. The van der Waals surface area contributed by atoms with E-state index in [0.717, 1.165) is 41.9 Å². The Morgan fingerprint density at radius 3 is 2.43 bits per heavy atom. The second-order valence-corrected chi connectivity index (χ2v) is 6.42. The molecule has 2 aliphatic rings. The summed E-state index contributed by atoms with van der Waals surface area (Å²) in [5, 5.41) is 2.89. The second-order valence-electron chi connectivity index (χ2n) is 6.42. The smallest absolute Gasteiger partial charge is 0.334 e. The van der Waals surface area contributed by atoms with E-state index in [9.17, 15) is 19.2 Å². The van der Waals surface area contributed by atoms with Crippen LogP contribution in [-0.2, 0) is 14.4 Å². The molecule has 5 amide bonds. The highest BCUT2D eigenvalue weighted by Gasteiger charge is 2.44. The summed E-state index contributed by atoms with van der Waals surface area (Å²) in [6.45, 7) is 3.86. The lowest BCUT2D eigenvalue weighted by molar-refractivity contribution is -0.144. The van der Waals surface area contributed by atoms with Crippen molar-refractivity contribution >= 4 is 23.8 Å². The quantitative estimate of drug-likeness (QED) is 0.589. The summed E-state index contributed by atoms with van der Waals surface area (Å²) in [5.41, 5.74) is 0. The second kappa shape index (κ2) is 7.57. The molecule has 1 aliphatic heterocycles. The molecule has 1 aliphatic carbocycles. The zero-order valence-electron chi connectivity index (χ0n) is 13.8. The van der Waals surface area contributed by atoms with Crippen LogP contribution >= 0.6 is 0 Å². The van der Waals surface area contributed by atoms with Crippen LogP contribution in [0.5, 0.6) is 0 Å². The van der Waals surface area contributed by atoms with Crippen molar-refractivity contribution in [2.24, 2.45) is 5.92 Å². The van der Waals surface area contributed by atoms with Crippen LogP contribution in [-0.4, -0.2) is 52.7 Å². The Balaban J connectivity index is 1.93. The van der Waals surface area contributed by atoms with E-state index in [1.165, 1.54) is 0 Å². The summed E-state index contributed by atoms with van der Waals surface area (Å²) in [5.74, 6) is -1.73. The van der Waals surface area contributed by atoms with E-state index in [-0.39, 0.29) is 25.0 Å². The zero-order chi connectivity index (χ0) is 17.0. The summed E-state index contributed by atoms with van der Waals surface area (Å²) in [7, 11) is 0. The zero-order valence-corrected chi connectivity index (χ0v) is 13.8. The molecule has 0 aromatic carbocycles. The topological polar surface area (TPSA) is 86.8 Å². The Morgan fingerprint density at radius 1 is 1.13 bits per heavy atom. The van der Waals surface area contributed by atoms with E-state index in [1.54, 1.807) is 0 Å². The Kier molecular flexibility index (Phi) is 5.74. The molecule has 128 valence electrons. The van der Waals surface area contributed by atoms with Gasteiger partial charge in [0.05, 0.1) is 0 Å². The van der Waals surface area contributed by atoms with Crippen LogP contribution in [0.2, 0.25) is 0 Å². The fraction of sp³-hybridized carbons (Fsp3) is 0.750. The monoisotopic (exact) mass is 323 g/mol. The minimum Gasteiger partial charge on any atom is -0.352 e. The molecule has 2 atom stereocenters. The molecule has 0 spiro atoms. The van der Waals surface area contributed by atoms with Crippen LogP contribution in [0.15, 0.2) is 0 Å². The number of urea groups is 1. The Bertz CT molecular complexity index is 506. The van der Waals surface area contributed by atoms with Crippen molar-refractivity contribution in [1.82, 2.24) is 15.1 Å². The number of carbonyl (C=O) groups excluding carboxylic acids is 4. The van der Waals surface area contributed by atoms with E-state index in [1.807, 2.05) is 6.92 Å². The summed E-state index contributed by atoms with van der Waals surface area (Å²) >= 11 is 0. The molecule has 0 unspecified atom stereocenters. The number of amides is 5. The van der Waals surface area contributed by atoms with E-state index in [0.29, 0.717) is 12.3 Å². The predicted octanol–water partition coefficient (Wildman–Crippen LogP) is 1.27. The average Bonchev–Trinajstić information content (AvgIpc) is 2.72. The van der Waals surface area contributed by atoms with Crippen LogP contribution in [0.1, 0.15) is 52.4 Å². The van der Waals surface area contributed by atoms with Crippen molar-refractivity contribution < 1.29 is 19.2 Å². The van der Waals surface area contributed by atoms with Gasteiger partial charge in [-0.05, 0) is 25.2 Å². The maximum Gasteiger partial charge on any atom is 0.334 e. The molecule has 2 rings (SSSR count). The molecule has 0 radical (unpaired) electrons. The van der Waals surface area contributed by atoms with Crippen molar-refractivity contribution in [3.63, 3.8) is 0 Å². The number of imide groups is 2. The molecule has 7 heteroatoms. The highest BCUT2D eigenvalue weighted by atomic mass is 16.2. The first-order chi connectivity index (χ1) is 11.0. The van der Waals surface area contributed by atoms with Gasteiger partial charge in [0.25, 0.3) is 0 Å². The first kappa shape index (κ1) is 17.4. The molecule has 7 nitrogen and oxygen atoms in total. The number of nitrogens with zero attached hydrogens (tertiary/aromatic N) is 2. The van der Waals surface area contributed by atoms with Gasteiger partial charge >= 0.3 is 17.8 Å². The Morgan fingerprint density at radius 2 is 1.78 bits per heavy atom. The van der Waals surface area contributed by atoms with Crippen LogP contribution in [0, 0.1) is 5.92 Å². The maximum absolute atomic E-state index is 12.2. The van der Waals surface area contributed by atoms with E-state index in [4.69, 9.17) is 0 Å². The van der Waals surface area contributed by atoms with Gasteiger partial charge in [0.2, 0.25) is 5.91 Å². The molecular formula is C16H25N3O4. The van der Waals surface area contributed by atoms with Crippen molar-refractivity contribution in [2.75, 3.05) is 13.1 Å². The fourth-order valence-electron chi connectivity index (χ4n) is 3.13. The van der Waals surface area contributed by atoms with Gasteiger partial charge in [-0.15, -0.1) is 0 Å². The molecule has 23 heavy (non-hydrogen) atoms. The van der Waals surface area contributed by atoms with Crippen molar-refractivity contribution in [3.8, 4) is 0 Å². The molecule has 0 aromatic rings. The minimum absolute atomic E-state index is 0.0796. The van der Waals surface area contributed by atoms with Crippen molar-refractivity contribution in [2.45, 2.75) is 58.4 Å². The molecular weight excluding hydrogens is 298 g/mol. The molecule has 1 saturated heterocycles. The van der Waals surface area contributed by atoms with Crippen LogP contribution in [0.4, 0.5) is 4.79 Å². The number of unbranched alkanes of at least 4 members (excludes halogenated alkanes) is 1. The molecule has 2 fully saturated rings. The average molecular weight is 323 g/mol. The molecule has 1 heterocycles. The summed E-state index contributed by atoms with van der Waals surface area (Å²) in [6.07, 6.45) is 5.67. The van der Waals surface area contributed by atoms with E-state index >= 15 is 0 Å². The molecule has 1 saturated carbocycles. The Hall–Kier alpha value is -1.92. The van der Waals surface area contributed by atoms with E-state index in [2.05, 4.69) is 12.2 Å². The maximum atomic E-state index is 12.2. The van der Waals surface area contributed by atoms with Gasteiger partial charge in [-0.2, -0.15) is 0 Å². The van der Waals surface area contributed by atoms with Crippen LogP contribution in [0.25, 0.3) is 0 Å². The number of carbonyl (C=O) groups is 4. The number of hydrogen-bond donors (Lipinski definition) is 1. The highest BCUT2D eigenvalue weighted by molar-refractivity contribution is 6.45. The lowest BCUT2D eigenvalue weighted by Gasteiger charge is -2.29. The van der Waals surface area contributed by atoms with Gasteiger partial charge < -0.3 is 5.32 Å². The first-order valence-corrected chi connectivity index (χ1v) is 8.42. The van der Waals surface area contributed by atoms with Gasteiger partial charge in [-0.1, -0.05) is 33.1 Å². The third kappa shape index (κ3) is 3.89. The SMILES string of the molecule is CCCCN1C(=O)C(=O)N(CC(=O)N[C@H]2CCCC[C@@H]2C)C1=O. The normalized spacial score (nSPS) is 25.2. The third-order valence-electron chi connectivity index (χ3n) is 4.63. The van der Waals surface area contributed by atoms with Gasteiger partial charge in [0, 0.05) is 12.6 Å². The lowest BCUT2D eigenvalue weighted by Crippen LogP contribution is -2.47. The van der Waals surface area contributed by atoms with Crippen LogP contribution < -0.4 is 5.32 Å². The number of hydrogen-bond acceptors (Lipinski definition) is 4. The van der Waals surface area contributed by atoms with Gasteiger partial charge in [0.15, 0.2) is 0 Å². The van der Waals surface area contributed by atoms with E-state index < -0.39 is 17.8 Å². The minimum atomic E-state index is -0.905. The number of rotatable bonds is 6. The molecule has 1 N–H and O–H groups in total.